The molecule has 1 aromatic rings. The Labute approximate surface area is 154 Å². The highest BCUT2D eigenvalue weighted by atomic mass is 79.9. The van der Waals surface area contributed by atoms with Crippen LogP contribution >= 0.6 is 27.3 Å². The van der Waals surface area contributed by atoms with Crippen molar-refractivity contribution in [3.8, 4) is 0 Å². The first-order valence-corrected chi connectivity index (χ1v) is 10.3. The van der Waals surface area contributed by atoms with E-state index in [1.165, 1.54) is 44.9 Å². The molecule has 0 saturated heterocycles. The van der Waals surface area contributed by atoms with Gasteiger partial charge in [0.1, 0.15) is 0 Å². The summed E-state index contributed by atoms with van der Waals surface area (Å²) in [4.78, 5) is 14.9. The van der Waals surface area contributed by atoms with Gasteiger partial charge < -0.3 is 4.90 Å². The minimum atomic E-state index is 0.0781. The molecule has 0 N–H and O–H groups in total. The summed E-state index contributed by atoms with van der Waals surface area (Å²) in [6.45, 7) is 11.0. The van der Waals surface area contributed by atoms with Crippen LogP contribution in [-0.4, -0.2) is 17.4 Å². The fraction of sp³-hybridized carbons (Fsp3) is 0.632. The Hall–Kier alpha value is -0.610. The van der Waals surface area contributed by atoms with Gasteiger partial charge in [0.15, 0.2) is 0 Å². The van der Waals surface area contributed by atoms with Crippen LogP contribution in [0.5, 0.6) is 0 Å². The number of rotatable bonds is 11. The molecule has 0 fully saturated rings. The zero-order chi connectivity index (χ0) is 17.2. The van der Waals surface area contributed by atoms with E-state index < -0.39 is 0 Å². The van der Waals surface area contributed by atoms with Gasteiger partial charge in [-0.05, 0) is 40.4 Å². The van der Waals surface area contributed by atoms with E-state index in [0.29, 0.717) is 5.92 Å². The number of halogens is 1. The Kier molecular flexibility index (Phi) is 9.80. The lowest BCUT2D eigenvalue weighted by Crippen LogP contribution is -2.31. The number of amides is 1. The largest absolute Gasteiger partial charge is 0.312 e. The predicted octanol–water partition coefficient (Wildman–Crippen LogP) is 6.72. The molecule has 0 aliphatic carbocycles. The van der Waals surface area contributed by atoms with Crippen molar-refractivity contribution in [2.75, 3.05) is 6.54 Å². The Morgan fingerprint density at radius 3 is 2.48 bits per heavy atom. The second-order valence-electron chi connectivity index (χ2n) is 6.34. The molecular formula is C19H30BrNOS. The Morgan fingerprint density at radius 1 is 1.26 bits per heavy atom. The van der Waals surface area contributed by atoms with E-state index in [1.807, 2.05) is 17.0 Å². The van der Waals surface area contributed by atoms with Crippen LogP contribution in [0.1, 0.15) is 70.6 Å². The van der Waals surface area contributed by atoms with Crippen LogP contribution < -0.4 is 0 Å². The van der Waals surface area contributed by atoms with Crippen LogP contribution in [-0.2, 0) is 4.79 Å². The van der Waals surface area contributed by atoms with Gasteiger partial charge in [0.05, 0.1) is 14.4 Å². The summed E-state index contributed by atoms with van der Waals surface area (Å²) in [7, 11) is 0. The molecule has 130 valence electrons. The maximum absolute atomic E-state index is 12.0. The maximum atomic E-state index is 12.0. The lowest BCUT2D eigenvalue weighted by atomic mass is 10.0. The number of unbranched alkanes of at least 4 members (excludes halogenated alkanes) is 5. The molecular weight excluding hydrogens is 370 g/mol. The van der Waals surface area contributed by atoms with E-state index in [9.17, 15) is 4.79 Å². The Morgan fingerprint density at radius 2 is 1.91 bits per heavy atom. The Bertz CT molecular complexity index is 497. The van der Waals surface area contributed by atoms with E-state index in [-0.39, 0.29) is 5.91 Å². The van der Waals surface area contributed by atoms with Crippen LogP contribution in [0.15, 0.2) is 22.5 Å². The summed E-state index contributed by atoms with van der Waals surface area (Å²) < 4.78 is 1.07. The molecule has 0 aromatic carbocycles. The molecule has 1 aromatic heterocycles. The van der Waals surface area contributed by atoms with Crippen LogP contribution in [0.4, 0.5) is 0 Å². The van der Waals surface area contributed by atoms with Crippen molar-refractivity contribution in [1.82, 2.24) is 4.90 Å². The summed E-state index contributed by atoms with van der Waals surface area (Å²) in [5.41, 5.74) is 0.822. The zero-order valence-electron chi connectivity index (χ0n) is 14.7. The van der Waals surface area contributed by atoms with Gasteiger partial charge in [0.25, 0.3) is 0 Å². The molecule has 1 amide bonds. The van der Waals surface area contributed by atoms with Crippen molar-refractivity contribution in [2.24, 2.45) is 5.92 Å². The van der Waals surface area contributed by atoms with Crippen molar-refractivity contribution in [3.63, 3.8) is 0 Å². The molecule has 0 aliphatic heterocycles. The predicted molar refractivity (Wildman–Crippen MR) is 106 cm³/mol. The second-order valence-corrected chi connectivity index (χ2v) is 8.80. The minimum absolute atomic E-state index is 0.0781. The van der Waals surface area contributed by atoms with Crippen LogP contribution in [0, 0.1) is 5.92 Å². The van der Waals surface area contributed by atoms with Crippen molar-refractivity contribution in [1.29, 1.82) is 0 Å². The lowest BCUT2D eigenvalue weighted by Gasteiger charge is -2.26. The average Bonchev–Trinajstić information content (AvgIpc) is 2.94. The molecule has 0 bridgehead atoms. The summed E-state index contributed by atoms with van der Waals surface area (Å²) in [6, 6.07) is 4.02. The first-order valence-electron chi connectivity index (χ1n) is 8.68. The smallest absolute Gasteiger partial charge is 0.223 e. The molecule has 1 unspecified atom stereocenters. The van der Waals surface area contributed by atoms with E-state index in [0.717, 1.165) is 20.9 Å². The quantitative estimate of drug-likeness (QED) is 0.378. The molecule has 0 radical (unpaired) electrons. The van der Waals surface area contributed by atoms with Gasteiger partial charge >= 0.3 is 0 Å². The molecule has 2 nitrogen and oxygen atoms in total. The van der Waals surface area contributed by atoms with E-state index >= 15 is 0 Å². The third-order valence-corrected chi connectivity index (χ3v) is 5.78. The van der Waals surface area contributed by atoms with Gasteiger partial charge in [-0.25, -0.2) is 0 Å². The van der Waals surface area contributed by atoms with Crippen LogP contribution in [0.25, 0.3) is 5.70 Å². The number of thiophene rings is 1. The highest BCUT2D eigenvalue weighted by Gasteiger charge is 2.18. The molecule has 0 spiro atoms. The molecule has 1 rings (SSSR count). The topological polar surface area (TPSA) is 20.3 Å². The van der Waals surface area contributed by atoms with Crippen LogP contribution in [0.3, 0.4) is 0 Å². The third-order valence-electron chi connectivity index (χ3n) is 4.11. The van der Waals surface area contributed by atoms with Crippen molar-refractivity contribution < 1.29 is 4.79 Å². The first-order chi connectivity index (χ1) is 11.0. The Balaban J connectivity index is 2.43. The van der Waals surface area contributed by atoms with Crippen molar-refractivity contribution in [2.45, 2.75) is 65.7 Å². The maximum Gasteiger partial charge on any atom is 0.223 e. The molecule has 0 aliphatic rings. The normalized spacial score (nSPS) is 12.2. The number of hydrogen-bond donors (Lipinski definition) is 0. The average molecular weight is 400 g/mol. The minimum Gasteiger partial charge on any atom is -0.312 e. The van der Waals surface area contributed by atoms with Crippen LogP contribution in [0.2, 0.25) is 0 Å². The molecule has 23 heavy (non-hydrogen) atoms. The SMILES string of the molecule is C=C(c1ccc(Br)s1)N(CC(C)CCCCCCCC)C(C)=O. The van der Waals surface area contributed by atoms with Gasteiger partial charge in [-0.1, -0.05) is 59.0 Å². The standard InChI is InChI=1S/C19H30BrNOS/c1-5-6-7-8-9-10-11-15(2)14-21(17(4)22)16(3)18-12-13-19(20)23-18/h12-13,15H,3,5-11,14H2,1-2,4H3. The van der Waals surface area contributed by atoms with Crippen molar-refractivity contribution >= 4 is 38.9 Å². The first kappa shape index (κ1) is 20.4. The summed E-state index contributed by atoms with van der Waals surface area (Å²) >= 11 is 5.09. The van der Waals surface area contributed by atoms with E-state index in [2.05, 4.69) is 36.4 Å². The summed E-state index contributed by atoms with van der Waals surface area (Å²) in [5.74, 6) is 0.583. The number of carbonyl (C=O) groups is 1. The van der Waals surface area contributed by atoms with Gasteiger partial charge in [0.2, 0.25) is 5.91 Å². The van der Waals surface area contributed by atoms with Gasteiger partial charge in [0, 0.05) is 13.5 Å². The van der Waals surface area contributed by atoms with Gasteiger partial charge in [-0.3, -0.25) is 4.79 Å². The van der Waals surface area contributed by atoms with Gasteiger partial charge in [-0.15, -0.1) is 11.3 Å². The lowest BCUT2D eigenvalue weighted by molar-refractivity contribution is -0.126. The number of carbonyl (C=O) groups excluding carboxylic acids is 1. The van der Waals surface area contributed by atoms with E-state index in [4.69, 9.17) is 0 Å². The molecule has 1 heterocycles. The zero-order valence-corrected chi connectivity index (χ0v) is 17.1. The summed E-state index contributed by atoms with van der Waals surface area (Å²) in [5, 5.41) is 0. The highest BCUT2D eigenvalue weighted by molar-refractivity contribution is 9.11. The van der Waals surface area contributed by atoms with Crippen molar-refractivity contribution in [3.05, 3.63) is 27.4 Å². The number of hydrogen-bond acceptors (Lipinski definition) is 2. The fourth-order valence-electron chi connectivity index (χ4n) is 2.71. The molecule has 4 heteroatoms. The highest BCUT2D eigenvalue weighted by Crippen LogP contribution is 2.30. The number of nitrogens with zero attached hydrogens (tertiary/aromatic N) is 1. The summed E-state index contributed by atoms with van der Waals surface area (Å²) in [6.07, 6.45) is 9.09. The molecule has 1 atom stereocenters. The van der Waals surface area contributed by atoms with Gasteiger partial charge in [-0.2, -0.15) is 0 Å². The second kappa shape index (κ2) is 11.0. The van der Waals surface area contributed by atoms with E-state index in [1.54, 1.807) is 18.3 Å². The molecule has 0 saturated carbocycles. The fourth-order valence-corrected chi connectivity index (χ4v) is 4.07. The monoisotopic (exact) mass is 399 g/mol. The third kappa shape index (κ3) is 7.67.